The number of benzene rings is 2. The molecule has 0 aliphatic heterocycles. The molecule has 1 heterocycles. The molecule has 7 heteroatoms. The maximum Gasteiger partial charge on any atom is 0.306 e. The molecule has 0 fully saturated rings. The largest absolute Gasteiger partial charge is 0.469 e. The number of thioether (sulfide) groups is 1. The molecule has 0 unspecified atom stereocenters. The zero-order chi connectivity index (χ0) is 17.8. The molecule has 25 heavy (non-hydrogen) atoms. The fraction of sp³-hybridized carbons (Fsp3) is 0.167. The zero-order valence-electron chi connectivity index (χ0n) is 13.4. The van der Waals surface area contributed by atoms with Gasteiger partial charge in [-0.3, -0.25) is 9.59 Å². The molecule has 0 bridgehead atoms. The number of aromatic amines is 1. The quantitative estimate of drug-likeness (QED) is 0.541. The number of carbonyl (C=O) groups excluding carboxylic acids is 1. The van der Waals surface area contributed by atoms with Crippen LogP contribution in [-0.2, 0) is 9.53 Å². The van der Waals surface area contributed by atoms with Crippen molar-refractivity contribution in [2.45, 2.75) is 11.3 Å². The number of hydrogen-bond donors (Lipinski definition) is 1. The Bertz CT molecular complexity index is 987. The number of carbonyl (C=O) groups is 1. The fourth-order valence-electron chi connectivity index (χ4n) is 2.41. The lowest BCUT2D eigenvalue weighted by Gasteiger charge is -2.11. The van der Waals surface area contributed by atoms with Crippen LogP contribution in [0.5, 0.6) is 0 Å². The number of rotatable bonds is 5. The number of nitrogens with zero attached hydrogens (tertiary/aromatic N) is 1. The molecule has 0 saturated carbocycles. The predicted octanol–water partition coefficient (Wildman–Crippen LogP) is 3.90. The summed E-state index contributed by atoms with van der Waals surface area (Å²) in [6, 6.07) is 12.6. The van der Waals surface area contributed by atoms with E-state index < -0.39 is 0 Å². The molecular weight excluding hydrogens is 360 g/mol. The summed E-state index contributed by atoms with van der Waals surface area (Å²) in [7, 11) is 1.36. The van der Waals surface area contributed by atoms with Crippen molar-refractivity contribution < 1.29 is 9.53 Å². The molecule has 3 aromatic rings. The van der Waals surface area contributed by atoms with Crippen LogP contribution in [-0.4, -0.2) is 28.8 Å². The van der Waals surface area contributed by atoms with Gasteiger partial charge in [-0.2, -0.15) is 0 Å². The number of para-hydroxylation sites is 1. The Balaban J connectivity index is 2.02. The van der Waals surface area contributed by atoms with E-state index in [0.717, 1.165) is 4.90 Å². The van der Waals surface area contributed by atoms with Gasteiger partial charge in [0.2, 0.25) is 0 Å². The summed E-state index contributed by atoms with van der Waals surface area (Å²) in [6.07, 6.45) is 0.286. The maximum absolute atomic E-state index is 12.3. The van der Waals surface area contributed by atoms with Gasteiger partial charge in [-0.15, -0.1) is 11.8 Å². The summed E-state index contributed by atoms with van der Waals surface area (Å²) in [5.74, 6) is 0.681. The van der Waals surface area contributed by atoms with Crippen LogP contribution in [0.2, 0.25) is 5.02 Å². The van der Waals surface area contributed by atoms with Gasteiger partial charge in [-0.1, -0.05) is 29.8 Å². The zero-order valence-corrected chi connectivity index (χ0v) is 15.0. The minimum Gasteiger partial charge on any atom is -0.469 e. The van der Waals surface area contributed by atoms with Gasteiger partial charge < -0.3 is 9.72 Å². The topological polar surface area (TPSA) is 72.0 Å². The summed E-state index contributed by atoms with van der Waals surface area (Å²) in [5.41, 5.74) is 1.04. The summed E-state index contributed by atoms with van der Waals surface area (Å²) >= 11 is 7.83. The van der Waals surface area contributed by atoms with Crippen molar-refractivity contribution in [3.05, 3.63) is 57.8 Å². The van der Waals surface area contributed by atoms with Crippen molar-refractivity contribution in [1.82, 2.24) is 9.97 Å². The van der Waals surface area contributed by atoms with Crippen molar-refractivity contribution in [3.8, 4) is 11.4 Å². The normalized spacial score (nSPS) is 10.8. The smallest absolute Gasteiger partial charge is 0.306 e. The Labute approximate surface area is 153 Å². The number of methoxy groups -OCH3 is 1. The van der Waals surface area contributed by atoms with E-state index in [-0.39, 0.29) is 17.9 Å². The molecule has 2 aromatic carbocycles. The van der Waals surface area contributed by atoms with Crippen LogP contribution in [0.4, 0.5) is 0 Å². The van der Waals surface area contributed by atoms with E-state index in [1.54, 1.807) is 24.3 Å². The Morgan fingerprint density at radius 1 is 1.24 bits per heavy atom. The van der Waals surface area contributed by atoms with E-state index in [4.69, 9.17) is 11.6 Å². The fourth-order valence-corrected chi connectivity index (χ4v) is 3.74. The second-order valence-electron chi connectivity index (χ2n) is 5.22. The summed E-state index contributed by atoms with van der Waals surface area (Å²) in [6.45, 7) is 0. The molecule has 0 amide bonds. The molecule has 0 aliphatic carbocycles. The van der Waals surface area contributed by atoms with Gasteiger partial charge in [0.1, 0.15) is 5.82 Å². The lowest BCUT2D eigenvalue weighted by molar-refractivity contribution is -0.140. The molecule has 0 radical (unpaired) electrons. The standard InChI is InChI=1S/C18H15ClN2O3S/c1-24-15(22)9-10-25-14-8-4-6-12(19)16(14)17-20-13-7-3-2-5-11(13)18(23)21-17/h2-8H,9-10H2,1H3,(H,20,21,23). The van der Waals surface area contributed by atoms with Crippen LogP contribution in [0.1, 0.15) is 6.42 Å². The van der Waals surface area contributed by atoms with Gasteiger partial charge >= 0.3 is 5.97 Å². The summed E-state index contributed by atoms with van der Waals surface area (Å²) in [5, 5.41) is 1.01. The van der Waals surface area contributed by atoms with Crippen LogP contribution in [0.3, 0.4) is 0 Å². The Kier molecular flexibility index (Phi) is 5.40. The number of esters is 1. The molecule has 1 aromatic heterocycles. The highest BCUT2D eigenvalue weighted by Gasteiger charge is 2.14. The average molecular weight is 375 g/mol. The highest BCUT2D eigenvalue weighted by molar-refractivity contribution is 7.99. The molecular formula is C18H15ClN2O3S. The van der Waals surface area contributed by atoms with E-state index in [0.29, 0.717) is 33.1 Å². The minimum absolute atomic E-state index is 0.217. The van der Waals surface area contributed by atoms with Gasteiger partial charge in [0.25, 0.3) is 5.56 Å². The highest BCUT2D eigenvalue weighted by Crippen LogP contribution is 2.35. The number of halogens is 1. The van der Waals surface area contributed by atoms with E-state index in [1.807, 2.05) is 18.2 Å². The first-order chi connectivity index (χ1) is 12.1. The van der Waals surface area contributed by atoms with E-state index >= 15 is 0 Å². The van der Waals surface area contributed by atoms with Crippen LogP contribution in [0, 0.1) is 0 Å². The molecule has 0 spiro atoms. The van der Waals surface area contributed by atoms with Crippen molar-refractivity contribution in [1.29, 1.82) is 0 Å². The van der Waals surface area contributed by atoms with Crippen molar-refractivity contribution in [3.63, 3.8) is 0 Å². The number of hydrogen-bond acceptors (Lipinski definition) is 5. The first-order valence-electron chi connectivity index (χ1n) is 7.57. The Hall–Kier alpha value is -2.31. The van der Waals surface area contributed by atoms with Crippen LogP contribution >= 0.6 is 23.4 Å². The molecule has 0 atom stereocenters. The lowest BCUT2D eigenvalue weighted by atomic mass is 10.2. The van der Waals surface area contributed by atoms with Crippen molar-refractivity contribution in [2.75, 3.05) is 12.9 Å². The Morgan fingerprint density at radius 3 is 2.84 bits per heavy atom. The number of nitrogens with one attached hydrogen (secondary N) is 1. The third kappa shape index (κ3) is 3.86. The first-order valence-corrected chi connectivity index (χ1v) is 8.94. The molecule has 3 rings (SSSR count). The van der Waals surface area contributed by atoms with E-state index in [1.165, 1.54) is 18.9 Å². The third-order valence-corrected chi connectivity index (χ3v) is 4.99. The molecule has 0 aliphatic rings. The van der Waals surface area contributed by atoms with Gasteiger partial charge in [-0.25, -0.2) is 4.98 Å². The number of aromatic nitrogens is 2. The van der Waals surface area contributed by atoms with Crippen LogP contribution in [0.25, 0.3) is 22.3 Å². The number of ether oxygens (including phenoxy) is 1. The second kappa shape index (κ2) is 7.72. The monoisotopic (exact) mass is 374 g/mol. The van der Waals surface area contributed by atoms with Gasteiger partial charge in [-0.05, 0) is 24.3 Å². The minimum atomic E-state index is -0.270. The SMILES string of the molecule is COC(=O)CCSc1cccc(Cl)c1-c1nc2ccccc2c(=O)[nH]1. The molecule has 1 N–H and O–H groups in total. The number of fused-ring (bicyclic) bond motifs is 1. The van der Waals surface area contributed by atoms with Gasteiger partial charge in [0.05, 0.1) is 29.5 Å². The first kappa shape index (κ1) is 17.5. The average Bonchev–Trinajstić information content (AvgIpc) is 2.61. The maximum atomic E-state index is 12.3. The third-order valence-electron chi connectivity index (χ3n) is 3.62. The Morgan fingerprint density at radius 2 is 2.04 bits per heavy atom. The van der Waals surface area contributed by atoms with Crippen molar-refractivity contribution in [2.24, 2.45) is 0 Å². The highest BCUT2D eigenvalue weighted by atomic mass is 35.5. The van der Waals surface area contributed by atoms with E-state index in [9.17, 15) is 9.59 Å². The van der Waals surface area contributed by atoms with Crippen molar-refractivity contribution >= 4 is 40.2 Å². The molecule has 5 nitrogen and oxygen atoms in total. The van der Waals surface area contributed by atoms with Crippen LogP contribution in [0.15, 0.2) is 52.2 Å². The summed E-state index contributed by atoms with van der Waals surface area (Å²) < 4.78 is 4.65. The summed E-state index contributed by atoms with van der Waals surface area (Å²) in [4.78, 5) is 31.8. The molecule has 128 valence electrons. The molecule has 0 saturated heterocycles. The van der Waals surface area contributed by atoms with Crippen LogP contribution < -0.4 is 5.56 Å². The second-order valence-corrected chi connectivity index (χ2v) is 6.76. The van der Waals surface area contributed by atoms with Gasteiger partial charge in [0, 0.05) is 16.2 Å². The number of H-pyrrole nitrogens is 1. The lowest BCUT2D eigenvalue weighted by Crippen LogP contribution is -2.10. The van der Waals surface area contributed by atoms with Gasteiger partial charge in [0.15, 0.2) is 0 Å². The predicted molar refractivity (Wildman–Crippen MR) is 100 cm³/mol. The van der Waals surface area contributed by atoms with E-state index in [2.05, 4.69) is 14.7 Å².